The second kappa shape index (κ2) is 5.53. The van der Waals surface area contributed by atoms with Crippen LogP contribution >= 0.6 is 11.3 Å². The number of aryl methyl sites for hydroxylation is 2. The maximum Gasteiger partial charge on any atom is 0.264 e. The molecule has 1 aliphatic carbocycles. The van der Waals surface area contributed by atoms with Crippen molar-refractivity contribution in [1.29, 1.82) is 0 Å². The smallest absolute Gasteiger partial charge is 0.264 e. The molecule has 1 heterocycles. The molecule has 0 aliphatic heterocycles. The van der Waals surface area contributed by atoms with E-state index >= 15 is 0 Å². The number of carbonyl (C=O) groups excluding carboxylic acids is 1. The maximum absolute atomic E-state index is 12.6. The Bertz CT molecular complexity index is 638. The third-order valence-corrected chi connectivity index (χ3v) is 5.46. The Labute approximate surface area is 128 Å². The fraction of sp³-hybridized carbons (Fsp3) is 0.353. The standard InChI is InChI=1S/C17H19NO2S/c1-11(12-6-8-14(19)9-7-12)18(2)17(20)16-10-13-4-3-5-15(13)21-16/h6-11,19H,3-5H2,1-2H3. The molecule has 0 radical (unpaired) electrons. The largest absolute Gasteiger partial charge is 0.508 e. The molecular formula is C17H19NO2S. The molecule has 1 aromatic heterocycles. The van der Waals surface area contributed by atoms with Gasteiger partial charge >= 0.3 is 0 Å². The summed E-state index contributed by atoms with van der Waals surface area (Å²) in [7, 11) is 1.84. The lowest BCUT2D eigenvalue weighted by molar-refractivity contribution is 0.0747. The van der Waals surface area contributed by atoms with Gasteiger partial charge < -0.3 is 10.0 Å². The van der Waals surface area contributed by atoms with Gasteiger partial charge in [0.1, 0.15) is 5.75 Å². The molecule has 3 rings (SSSR count). The van der Waals surface area contributed by atoms with E-state index in [1.54, 1.807) is 28.4 Å². The summed E-state index contributed by atoms with van der Waals surface area (Å²) in [5, 5.41) is 9.35. The summed E-state index contributed by atoms with van der Waals surface area (Å²) in [5.41, 5.74) is 2.38. The van der Waals surface area contributed by atoms with Crippen LogP contribution in [0.5, 0.6) is 5.75 Å². The number of hydrogen-bond acceptors (Lipinski definition) is 3. The molecule has 0 saturated heterocycles. The third-order valence-electron chi connectivity index (χ3n) is 4.23. The van der Waals surface area contributed by atoms with Crippen LogP contribution in [0.25, 0.3) is 0 Å². The summed E-state index contributed by atoms with van der Waals surface area (Å²) in [6, 6.07) is 9.08. The second-order valence-electron chi connectivity index (χ2n) is 5.60. The van der Waals surface area contributed by atoms with Crippen molar-refractivity contribution in [2.75, 3.05) is 7.05 Å². The van der Waals surface area contributed by atoms with Gasteiger partial charge in [0.15, 0.2) is 0 Å². The number of nitrogens with zero attached hydrogens (tertiary/aromatic N) is 1. The fourth-order valence-electron chi connectivity index (χ4n) is 2.76. The van der Waals surface area contributed by atoms with Gasteiger partial charge in [0.05, 0.1) is 10.9 Å². The second-order valence-corrected chi connectivity index (χ2v) is 6.73. The van der Waals surface area contributed by atoms with Crippen molar-refractivity contribution in [2.24, 2.45) is 0 Å². The number of benzene rings is 1. The van der Waals surface area contributed by atoms with E-state index in [2.05, 4.69) is 6.07 Å². The molecule has 1 atom stereocenters. The Kier molecular flexibility index (Phi) is 3.72. The first-order valence-corrected chi connectivity index (χ1v) is 8.05. The number of fused-ring (bicyclic) bond motifs is 1. The lowest BCUT2D eigenvalue weighted by Crippen LogP contribution is -2.29. The van der Waals surface area contributed by atoms with Gasteiger partial charge in [-0.15, -0.1) is 11.3 Å². The molecule has 110 valence electrons. The molecule has 0 saturated carbocycles. The van der Waals surface area contributed by atoms with Crippen LogP contribution in [-0.4, -0.2) is 23.0 Å². The number of phenolic OH excluding ortho intramolecular Hbond substituents is 1. The molecular weight excluding hydrogens is 282 g/mol. The first-order valence-electron chi connectivity index (χ1n) is 7.24. The van der Waals surface area contributed by atoms with Gasteiger partial charge in [-0.1, -0.05) is 12.1 Å². The summed E-state index contributed by atoms with van der Waals surface area (Å²) in [6.45, 7) is 2.01. The Hall–Kier alpha value is -1.81. The van der Waals surface area contributed by atoms with Gasteiger partial charge in [0.2, 0.25) is 0 Å². The number of rotatable bonds is 3. The van der Waals surface area contributed by atoms with E-state index in [-0.39, 0.29) is 17.7 Å². The van der Waals surface area contributed by atoms with E-state index in [0.29, 0.717) is 0 Å². The van der Waals surface area contributed by atoms with E-state index in [9.17, 15) is 9.90 Å². The van der Waals surface area contributed by atoms with Gasteiger partial charge in [-0.05, 0) is 55.5 Å². The first-order chi connectivity index (χ1) is 10.1. The van der Waals surface area contributed by atoms with E-state index in [4.69, 9.17) is 0 Å². The SMILES string of the molecule is CC(c1ccc(O)cc1)N(C)C(=O)c1cc2c(s1)CCC2. The Morgan fingerprint density at radius 1 is 1.29 bits per heavy atom. The van der Waals surface area contributed by atoms with Gasteiger partial charge in [0.25, 0.3) is 5.91 Å². The normalized spacial score (nSPS) is 14.8. The summed E-state index contributed by atoms with van der Waals surface area (Å²) < 4.78 is 0. The van der Waals surface area contributed by atoms with Crippen molar-refractivity contribution in [3.05, 3.63) is 51.2 Å². The maximum atomic E-state index is 12.6. The Morgan fingerprint density at radius 2 is 2.00 bits per heavy atom. The fourth-order valence-corrected chi connectivity index (χ4v) is 4.00. The van der Waals surface area contributed by atoms with Crippen molar-refractivity contribution < 1.29 is 9.90 Å². The number of thiophene rings is 1. The van der Waals surface area contributed by atoms with Gasteiger partial charge in [-0.25, -0.2) is 0 Å². The van der Waals surface area contributed by atoms with Gasteiger partial charge in [-0.2, -0.15) is 0 Å². The summed E-state index contributed by atoms with van der Waals surface area (Å²) >= 11 is 1.64. The lowest BCUT2D eigenvalue weighted by atomic mass is 10.1. The topological polar surface area (TPSA) is 40.5 Å². The summed E-state index contributed by atoms with van der Waals surface area (Å²) in [6.07, 6.45) is 3.44. The highest BCUT2D eigenvalue weighted by Gasteiger charge is 2.23. The van der Waals surface area contributed by atoms with Crippen LogP contribution in [0.15, 0.2) is 30.3 Å². The number of carbonyl (C=O) groups is 1. The van der Waals surface area contributed by atoms with Crippen LogP contribution in [-0.2, 0) is 12.8 Å². The predicted molar refractivity (Wildman–Crippen MR) is 85.0 cm³/mol. The van der Waals surface area contributed by atoms with Crippen LogP contribution in [0.3, 0.4) is 0 Å². The highest BCUT2D eigenvalue weighted by Crippen LogP contribution is 2.32. The van der Waals surface area contributed by atoms with Crippen molar-refractivity contribution >= 4 is 17.2 Å². The van der Waals surface area contributed by atoms with Crippen molar-refractivity contribution in [1.82, 2.24) is 4.90 Å². The summed E-state index contributed by atoms with van der Waals surface area (Å²) in [4.78, 5) is 16.6. The zero-order chi connectivity index (χ0) is 15.0. The lowest BCUT2D eigenvalue weighted by Gasteiger charge is -2.25. The molecule has 0 bridgehead atoms. The predicted octanol–water partition coefficient (Wildman–Crippen LogP) is 3.78. The van der Waals surface area contributed by atoms with E-state index in [1.165, 1.54) is 16.9 Å². The number of aromatic hydroxyl groups is 1. The third kappa shape index (κ3) is 2.68. The highest BCUT2D eigenvalue weighted by molar-refractivity contribution is 7.14. The van der Waals surface area contributed by atoms with E-state index in [1.807, 2.05) is 26.1 Å². The molecule has 1 N–H and O–H groups in total. The average Bonchev–Trinajstić information content (AvgIpc) is 3.07. The van der Waals surface area contributed by atoms with E-state index in [0.717, 1.165) is 23.3 Å². The number of phenols is 1. The summed E-state index contributed by atoms with van der Waals surface area (Å²) in [5.74, 6) is 0.324. The minimum Gasteiger partial charge on any atom is -0.508 e. The monoisotopic (exact) mass is 301 g/mol. The van der Waals surface area contributed by atoms with Crippen LogP contribution in [0, 0.1) is 0 Å². The van der Waals surface area contributed by atoms with Crippen LogP contribution in [0.4, 0.5) is 0 Å². The highest BCUT2D eigenvalue weighted by atomic mass is 32.1. The van der Waals surface area contributed by atoms with Gasteiger partial charge in [0, 0.05) is 11.9 Å². The molecule has 1 amide bonds. The molecule has 2 aromatic rings. The van der Waals surface area contributed by atoms with Crippen LogP contribution < -0.4 is 0 Å². The molecule has 0 fully saturated rings. The molecule has 1 aromatic carbocycles. The minimum atomic E-state index is -0.0185. The molecule has 1 unspecified atom stereocenters. The van der Waals surface area contributed by atoms with Crippen LogP contribution in [0.1, 0.15) is 45.1 Å². The van der Waals surface area contributed by atoms with Crippen LogP contribution in [0.2, 0.25) is 0 Å². The average molecular weight is 301 g/mol. The van der Waals surface area contributed by atoms with Gasteiger partial charge in [-0.3, -0.25) is 4.79 Å². The first kappa shape index (κ1) is 14.1. The molecule has 0 spiro atoms. The molecule has 3 nitrogen and oxygen atoms in total. The van der Waals surface area contributed by atoms with Crippen molar-refractivity contribution in [3.63, 3.8) is 0 Å². The number of amides is 1. The van der Waals surface area contributed by atoms with Crippen molar-refractivity contribution in [2.45, 2.75) is 32.2 Å². The molecule has 21 heavy (non-hydrogen) atoms. The zero-order valence-corrected chi connectivity index (χ0v) is 13.1. The number of hydrogen-bond donors (Lipinski definition) is 1. The van der Waals surface area contributed by atoms with Crippen molar-refractivity contribution in [3.8, 4) is 5.75 Å². The zero-order valence-electron chi connectivity index (χ0n) is 12.3. The quantitative estimate of drug-likeness (QED) is 0.937. The minimum absolute atomic E-state index is 0.0185. The Morgan fingerprint density at radius 3 is 2.67 bits per heavy atom. The van der Waals surface area contributed by atoms with E-state index < -0.39 is 0 Å². The molecule has 1 aliphatic rings. The molecule has 4 heteroatoms. The Balaban J connectivity index is 1.78.